The van der Waals surface area contributed by atoms with Gasteiger partial charge in [0.1, 0.15) is 12.5 Å². The predicted octanol–water partition coefficient (Wildman–Crippen LogP) is -1.11. The first-order valence-corrected chi connectivity index (χ1v) is 3.47. The summed E-state index contributed by atoms with van der Waals surface area (Å²) in [5.74, 6) is 0. The molecule has 0 aliphatic heterocycles. The van der Waals surface area contributed by atoms with Crippen LogP contribution in [0.5, 0.6) is 0 Å². The molecule has 0 aromatic rings. The Morgan fingerprint density at radius 2 is 1.73 bits per heavy atom. The van der Waals surface area contributed by atoms with E-state index in [1.54, 1.807) is 0 Å². The van der Waals surface area contributed by atoms with Crippen LogP contribution in [0.15, 0.2) is 0 Å². The molecule has 2 atom stereocenters. The molecule has 0 aromatic carbocycles. The maximum atomic E-state index is 8.97. The average molecular weight is 165 g/mol. The van der Waals surface area contributed by atoms with Crippen LogP contribution in [-0.4, -0.2) is 46.1 Å². The number of rotatable bonds is 5. The third kappa shape index (κ3) is 4.28. The SMILES string of the molecule is CC(O)N(OCCO)C(C)O. The van der Waals surface area contributed by atoms with Gasteiger partial charge in [0.05, 0.1) is 13.2 Å². The Labute approximate surface area is 65.8 Å². The van der Waals surface area contributed by atoms with Crippen molar-refractivity contribution >= 4 is 0 Å². The van der Waals surface area contributed by atoms with E-state index < -0.39 is 12.5 Å². The molecule has 0 rings (SSSR count). The fourth-order valence-electron chi connectivity index (χ4n) is 0.674. The highest BCUT2D eigenvalue weighted by molar-refractivity contribution is 4.45. The lowest BCUT2D eigenvalue weighted by molar-refractivity contribution is -0.294. The Bertz CT molecular complexity index is 88.6. The Balaban J connectivity index is 3.70. The molecular formula is C6H15NO4. The lowest BCUT2D eigenvalue weighted by atomic mass is 10.5. The van der Waals surface area contributed by atoms with Gasteiger partial charge in [0.25, 0.3) is 0 Å². The molecule has 0 amide bonds. The second-order valence-electron chi connectivity index (χ2n) is 2.18. The van der Waals surface area contributed by atoms with Crippen LogP contribution in [0.1, 0.15) is 13.8 Å². The summed E-state index contributed by atoms with van der Waals surface area (Å²) in [6.07, 6.45) is -1.77. The average Bonchev–Trinajstić information content (AvgIpc) is 1.87. The fraction of sp³-hybridized carbons (Fsp3) is 1.00. The van der Waals surface area contributed by atoms with Crippen molar-refractivity contribution in [3.63, 3.8) is 0 Å². The number of hydroxylamine groups is 2. The molecule has 2 unspecified atom stereocenters. The molecule has 0 saturated carbocycles. The van der Waals surface area contributed by atoms with Crippen molar-refractivity contribution in [2.45, 2.75) is 26.3 Å². The highest BCUT2D eigenvalue weighted by Crippen LogP contribution is 2.00. The van der Waals surface area contributed by atoms with Crippen LogP contribution < -0.4 is 0 Å². The largest absolute Gasteiger partial charge is 0.394 e. The van der Waals surface area contributed by atoms with E-state index in [0.717, 1.165) is 5.06 Å². The Kier molecular flexibility index (Phi) is 5.35. The van der Waals surface area contributed by atoms with Gasteiger partial charge in [0.15, 0.2) is 0 Å². The molecule has 11 heavy (non-hydrogen) atoms. The zero-order valence-corrected chi connectivity index (χ0v) is 6.77. The first-order valence-electron chi connectivity index (χ1n) is 3.47. The summed E-state index contributed by atoms with van der Waals surface area (Å²) >= 11 is 0. The van der Waals surface area contributed by atoms with Crippen molar-refractivity contribution in [3.05, 3.63) is 0 Å². The van der Waals surface area contributed by atoms with Crippen LogP contribution in [0, 0.1) is 0 Å². The molecule has 0 radical (unpaired) electrons. The van der Waals surface area contributed by atoms with Crippen molar-refractivity contribution in [2.75, 3.05) is 13.2 Å². The monoisotopic (exact) mass is 165 g/mol. The summed E-state index contributed by atoms with van der Waals surface area (Å²) < 4.78 is 0. The van der Waals surface area contributed by atoms with Gasteiger partial charge < -0.3 is 15.3 Å². The number of aliphatic hydroxyl groups excluding tert-OH is 3. The summed E-state index contributed by atoms with van der Waals surface area (Å²) in [5.41, 5.74) is 0. The molecule has 0 heterocycles. The van der Waals surface area contributed by atoms with Gasteiger partial charge in [0.2, 0.25) is 0 Å². The smallest absolute Gasteiger partial charge is 0.130 e. The summed E-state index contributed by atoms with van der Waals surface area (Å²) in [6.45, 7) is 2.85. The van der Waals surface area contributed by atoms with Crippen molar-refractivity contribution in [3.8, 4) is 0 Å². The Hall–Kier alpha value is -0.200. The summed E-state index contributed by atoms with van der Waals surface area (Å²) in [6, 6.07) is 0. The Morgan fingerprint density at radius 3 is 2.00 bits per heavy atom. The van der Waals surface area contributed by atoms with E-state index >= 15 is 0 Å². The minimum absolute atomic E-state index is 0.0653. The summed E-state index contributed by atoms with van der Waals surface area (Å²) in [5, 5.41) is 27.3. The van der Waals surface area contributed by atoms with Gasteiger partial charge in [-0.05, 0) is 13.8 Å². The van der Waals surface area contributed by atoms with Crippen LogP contribution in [0.4, 0.5) is 0 Å². The summed E-state index contributed by atoms with van der Waals surface area (Å²) in [7, 11) is 0. The van der Waals surface area contributed by atoms with Gasteiger partial charge >= 0.3 is 0 Å². The maximum absolute atomic E-state index is 8.97. The van der Waals surface area contributed by atoms with E-state index in [1.165, 1.54) is 13.8 Å². The van der Waals surface area contributed by atoms with Crippen LogP contribution >= 0.6 is 0 Å². The highest BCUT2D eigenvalue weighted by atomic mass is 16.7. The van der Waals surface area contributed by atoms with E-state index in [2.05, 4.69) is 0 Å². The molecule has 0 saturated heterocycles. The molecule has 0 fully saturated rings. The quantitative estimate of drug-likeness (QED) is 0.356. The fourth-order valence-corrected chi connectivity index (χ4v) is 0.674. The van der Waals surface area contributed by atoms with Crippen LogP contribution in [0.3, 0.4) is 0 Å². The molecule has 0 aliphatic carbocycles. The number of hydrogen-bond donors (Lipinski definition) is 3. The maximum Gasteiger partial charge on any atom is 0.130 e. The second-order valence-corrected chi connectivity index (χ2v) is 2.18. The molecule has 0 bridgehead atoms. The van der Waals surface area contributed by atoms with Crippen molar-refractivity contribution in [1.82, 2.24) is 5.06 Å². The van der Waals surface area contributed by atoms with Gasteiger partial charge in [-0.15, -0.1) is 5.06 Å². The Morgan fingerprint density at radius 1 is 1.27 bits per heavy atom. The van der Waals surface area contributed by atoms with E-state index in [9.17, 15) is 0 Å². The molecule has 0 spiro atoms. The van der Waals surface area contributed by atoms with Crippen molar-refractivity contribution in [1.29, 1.82) is 0 Å². The van der Waals surface area contributed by atoms with Crippen molar-refractivity contribution in [2.24, 2.45) is 0 Å². The number of nitrogens with zero attached hydrogens (tertiary/aromatic N) is 1. The molecule has 5 heteroatoms. The van der Waals surface area contributed by atoms with Crippen LogP contribution in [-0.2, 0) is 4.84 Å². The minimum Gasteiger partial charge on any atom is -0.394 e. The predicted molar refractivity (Wildman–Crippen MR) is 38.2 cm³/mol. The zero-order chi connectivity index (χ0) is 8.85. The highest BCUT2D eigenvalue weighted by Gasteiger charge is 2.16. The van der Waals surface area contributed by atoms with E-state index in [-0.39, 0.29) is 13.2 Å². The van der Waals surface area contributed by atoms with Crippen molar-refractivity contribution < 1.29 is 20.2 Å². The van der Waals surface area contributed by atoms with E-state index in [1.807, 2.05) is 0 Å². The third-order valence-corrected chi connectivity index (χ3v) is 1.07. The zero-order valence-electron chi connectivity index (χ0n) is 6.77. The second kappa shape index (κ2) is 5.45. The lowest BCUT2D eigenvalue weighted by Crippen LogP contribution is -2.40. The lowest BCUT2D eigenvalue weighted by Gasteiger charge is -2.26. The van der Waals surface area contributed by atoms with Gasteiger partial charge in [-0.25, -0.2) is 0 Å². The van der Waals surface area contributed by atoms with E-state index in [0.29, 0.717) is 0 Å². The van der Waals surface area contributed by atoms with E-state index in [4.69, 9.17) is 20.2 Å². The normalized spacial score (nSPS) is 16.9. The first-order chi connectivity index (χ1) is 5.09. The van der Waals surface area contributed by atoms with Gasteiger partial charge in [-0.2, -0.15) is 0 Å². The number of aliphatic hydroxyl groups is 3. The first kappa shape index (κ1) is 10.8. The molecule has 5 nitrogen and oxygen atoms in total. The topological polar surface area (TPSA) is 73.2 Å². The standard InChI is InChI=1S/C6H15NO4/c1-5(9)7(6(2)10)11-4-3-8/h5-6,8-10H,3-4H2,1-2H3. The molecule has 3 N–H and O–H groups in total. The summed E-state index contributed by atoms with van der Waals surface area (Å²) in [4.78, 5) is 4.80. The van der Waals surface area contributed by atoms with Gasteiger partial charge in [-0.3, -0.25) is 4.84 Å². The third-order valence-electron chi connectivity index (χ3n) is 1.07. The molecule has 0 aromatic heterocycles. The molecular weight excluding hydrogens is 150 g/mol. The molecule has 0 aliphatic rings. The molecule has 68 valence electrons. The number of hydrogen-bond acceptors (Lipinski definition) is 5. The minimum atomic E-state index is -0.887. The van der Waals surface area contributed by atoms with Gasteiger partial charge in [-0.1, -0.05) is 0 Å². The van der Waals surface area contributed by atoms with Gasteiger partial charge in [0, 0.05) is 0 Å². The van der Waals surface area contributed by atoms with Crippen LogP contribution in [0.2, 0.25) is 0 Å². The van der Waals surface area contributed by atoms with Crippen LogP contribution in [0.25, 0.3) is 0 Å².